The third-order valence-corrected chi connectivity index (χ3v) is 3.73. The highest BCUT2D eigenvalue weighted by atomic mass is 79.9. The fourth-order valence-corrected chi connectivity index (χ4v) is 2.50. The molecular weight excluding hydrogens is 316 g/mol. The van der Waals surface area contributed by atoms with Crippen LogP contribution in [0.1, 0.15) is 21.1 Å². The van der Waals surface area contributed by atoms with Crippen molar-refractivity contribution in [3.63, 3.8) is 0 Å². The molecule has 1 amide bonds. The summed E-state index contributed by atoms with van der Waals surface area (Å²) in [5.74, 6) is -0.354. The number of nitrogens with one attached hydrogen (secondary N) is 1. The molecule has 2 N–H and O–H groups in total. The molecule has 2 aromatic rings. The van der Waals surface area contributed by atoms with E-state index in [-0.39, 0.29) is 17.2 Å². The van der Waals surface area contributed by atoms with E-state index in [9.17, 15) is 9.90 Å². The number of hydrogen-bond donors (Lipinski definition) is 2. The Hall–Kier alpha value is -1.40. The summed E-state index contributed by atoms with van der Waals surface area (Å²) in [4.78, 5) is 16.1. The SMILES string of the molecule is Cc1csc(CNC(=O)c2cc(Br)ccc2O)n1. The van der Waals surface area contributed by atoms with E-state index in [2.05, 4.69) is 26.2 Å². The molecule has 0 saturated heterocycles. The van der Waals surface area contributed by atoms with Crippen molar-refractivity contribution in [1.29, 1.82) is 0 Å². The normalized spacial score (nSPS) is 10.3. The van der Waals surface area contributed by atoms with Crippen LogP contribution in [0.3, 0.4) is 0 Å². The molecule has 0 bridgehead atoms. The zero-order valence-electron chi connectivity index (χ0n) is 9.61. The average Bonchev–Trinajstić information content (AvgIpc) is 2.75. The molecule has 6 heteroatoms. The van der Waals surface area contributed by atoms with Gasteiger partial charge in [-0.2, -0.15) is 0 Å². The van der Waals surface area contributed by atoms with Crippen LogP contribution in [0.25, 0.3) is 0 Å². The summed E-state index contributed by atoms with van der Waals surface area (Å²) in [5.41, 5.74) is 1.19. The van der Waals surface area contributed by atoms with Crippen molar-refractivity contribution in [3.05, 3.63) is 44.3 Å². The molecule has 1 heterocycles. The number of carbonyl (C=O) groups is 1. The summed E-state index contributed by atoms with van der Waals surface area (Å²) in [6.45, 7) is 2.27. The van der Waals surface area contributed by atoms with Gasteiger partial charge in [-0.1, -0.05) is 15.9 Å². The molecule has 2 rings (SSSR count). The number of aromatic hydroxyl groups is 1. The lowest BCUT2D eigenvalue weighted by molar-refractivity contribution is 0.0948. The molecule has 0 unspecified atom stereocenters. The standard InChI is InChI=1S/C12H11BrN2O2S/c1-7-6-18-11(15-7)5-14-12(17)9-4-8(13)2-3-10(9)16/h2-4,6,16H,5H2,1H3,(H,14,17). The summed E-state index contributed by atoms with van der Waals surface area (Å²) < 4.78 is 0.746. The molecule has 0 aliphatic heterocycles. The number of amides is 1. The predicted octanol–water partition coefficient (Wildman–Crippen LogP) is 2.85. The van der Waals surface area contributed by atoms with Crippen molar-refractivity contribution in [2.75, 3.05) is 0 Å². The van der Waals surface area contributed by atoms with Crippen LogP contribution in [0, 0.1) is 6.92 Å². The minimum atomic E-state index is -0.318. The number of nitrogens with zero attached hydrogens (tertiary/aromatic N) is 1. The molecule has 1 aromatic carbocycles. The van der Waals surface area contributed by atoms with Gasteiger partial charge in [0.15, 0.2) is 0 Å². The Balaban J connectivity index is 2.05. The zero-order valence-corrected chi connectivity index (χ0v) is 12.0. The number of phenols is 1. The van der Waals surface area contributed by atoms with Gasteiger partial charge in [0.05, 0.1) is 12.1 Å². The number of aromatic nitrogens is 1. The molecule has 0 saturated carbocycles. The second-order valence-electron chi connectivity index (χ2n) is 3.73. The van der Waals surface area contributed by atoms with Crippen LogP contribution in [0.4, 0.5) is 0 Å². The molecule has 0 aliphatic carbocycles. The topological polar surface area (TPSA) is 62.2 Å². The van der Waals surface area contributed by atoms with Crippen molar-refractivity contribution in [2.45, 2.75) is 13.5 Å². The highest BCUT2D eigenvalue weighted by Gasteiger charge is 2.11. The first kappa shape index (κ1) is 13.0. The molecule has 1 aromatic heterocycles. The van der Waals surface area contributed by atoms with E-state index in [0.29, 0.717) is 6.54 Å². The van der Waals surface area contributed by atoms with E-state index < -0.39 is 0 Å². The number of benzene rings is 1. The van der Waals surface area contributed by atoms with Crippen LogP contribution >= 0.6 is 27.3 Å². The van der Waals surface area contributed by atoms with Crippen molar-refractivity contribution >= 4 is 33.2 Å². The number of phenolic OH excluding ortho intramolecular Hbond substituents is 1. The van der Waals surface area contributed by atoms with E-state index in [0.717, 1.165) is 15.2 Å². The van der Waals surface area contributed by atoms with E-state index in [1.807, 2.05) is 12.3 Å². The first-order valence-corrected chi connectivity index (χ1v) is 6.91. The lowest BCUT2D eigenvalue weighted by Gasteiger charge is -2.05. The molecule has 4 nitrogen and oxygen atoms in total. The van der Waals surface area contributed by atoms with Crippen LogP contribution in [0.5, 0.6) is 5.75 Å². The molecule has 0 radical (unpaired) electrons. The summed E-state index contributed by atoms with van der Waals surface area (Å²) in [6, 6.07) is 4.74. The summed E-state index contributed by atoms with van der Waals surface area (Å²) in [5, 5.41) is 15.1. The Morgan fingerprint density at radius 1 is 1.56 bits per heavy atom. The Morgan fingerprint density at radius 2 is 2.33 bits per heavy atom. The number of rotatable bonds is 3. The maximum absolute atomic E-state index is 11.9. The molecule has 0 fully saturated rings. The monoisotopic (exact) mass is 326 g/mol. The molecule has 18 heavy (non-hydrogen) atoms. The van der Waals surface area contributed by atoms with Gasteiger partial charge in [-0.15, -0.1) is 11.3 Å². The van der Waals surface area contributed by atoms with Gasteiger partial charge in [0.2, 0.25) is 0 Å². The van der Waals surface area contributed by atoms with E-state index >= 15 is 0 Å². The van der Waals surface area contributed by atoms with Crippen LogP contribution in [-0.4, -0.2) is 16.0 Å². The number of thiazole rings is 1. The Morgan fingerprint density at radius 3 is 3.00 bits per heavy atom. The maximum atomic E-state index is 11.9. The molecular formula is C12H11BrN2O2S. The van der Waals surface area contributed by atoms with Gasteiger partial charge in [0, 0.05) is 15.5 Å². The first-order valence-electron chi connectivity index (χ1n) is 5.24. The third-order valence-electron chi connectivity index (χ3n) is 2.27. The molecule has 0 atom stereocenters. The molecule has 0 aliphatic rings. The van der Waals surface area contributed by atoms with Crippen molar-refractivity contribution < 1.29 is 9.90 Å². The maximum Gasteiger partial charge on any atom is 0.255 e. The van der Waals surface area contributed by atoms with Crippen molar-refractivity contribution in [2.24, 2.45) is 0 Å². The number of hydrogen-bond acceptors (Lipinski definition) is 4. The Bertz CT molecular complexity index is 583. The van der Waals surface area contributed by atoms with Crippen LogP contribution in [0.2, 0.25) is 0 Å². The van der Waals surface area contributed by atoms with Gasteiger partial charge in [0.25, 0.3) is 5.91 Å². The Kier molecular flexibility index (Phi) is 3.98. The predicted molar refractivity (Wildman–Crippen MR) is 73.8 cm³/mol. The largest absolute Gasteiger partial charge is 0.507 e. The highest BCUT2D eigenvalue weighted by Crippen LogP contribution is 2.21. The lowest BCUT2D eigenvalue weighted by Crippen LogP contribution is -2.22. The van der Waals surface area contributed by atoms with Crippen molar-refractivity contribution in [1.82, 2.24) is 10.3 Å². The number of halogens is 1. The first-order chi connectivity index (χ1) is 8.56. The summed E-state index contributed by atoms with van der Waals surface area (Å²) in [6.07, 6.45) is 0. The van der Waals surface area contributed by atoms with Crippen LogP contribution in [-0.2, 0) is 6.54 Å². The van der Waals surface area contributed by atoms with Gasteiger partial charge in [0.1, 0.15) is 10.8 Å². The molecule has 0 spiro atoms. The van der Waals surface area contributed by atoms with Crippen LogP contribution < -0.4 is 5.32 Å². The van der Waals surface area contributed by atoms with Gasteiger partial charge >= 0.3 is 0 Å². The smallest absolute Gasteiger partial charge is 0.255 e. The average molecular weight is 327 g/mol. The molecule has 94 valence electrons. The van der Waals surface area contributed by atoms with Gasteiger partial charge < -0.3 is 10.4 Å². The summed E-state index contributed by atoms with van der Waals surface area (Å²) in [7, 11) is 0. The second kappa shape index (κ2) is 5.49. The minimum Gasteiger partial charge on any atom is -0.507 e. The van der Waals surface area contributed by atoms with E-state index in [1.165, 1.54) is 17.4 Å². The number of carbonyl (C=O) groups excluding carboxylic acids is 1. The van der Waals surface area contributed by atoms with Crippen molar-refractivity contribution in [3.8, 4) is 5.75 Å². The third kappa shape index (κ3) is 3.08. The fourth-order valence-electron chi connectivity index (χ4n) is 1.43. The quantitative estimate of drug-likeness (QED) is 0.911. The zero-order chi connectivity index (χ0) is 13.1. The van der Waals surface area contributed by atoms with Gasteiger partial charge in [-0.25, -0.2) is 4.98 Å². The second-order valence-corrected chi connectivity index (χ2v) is 5.59. The van der Waals surface area contributed by atoms with Crippen LogP contribution in [0.15, 0.2) is 28.1 Å². The highest BCUT2D eigenvalue weighted by molar-refractivity contribution is 9.10. The summed E-state index contributed by atoms with van der Waals surface area (Å²) >= 11 is 4.76. The lowest BCUT2D eigenvalue weighted by atomic mass is 10.2. The fraction of sp³-hybridized carbons (Fsp3) is 0.167. The minimum absolute atomic E-state index is 0.0361. The van der Waals surface area contributed by atoms with E-state index in [1.54, 1.807) is 12.1 Å². The van der Waals surface area contributed by atoms with Gasteiger partial charge in [-0.3, -0.25) is 4.79 Å². The van der Waals surface area contributed by atoms with Gasteiger partial charge in [-0.05, 0) is 25.1 Å². The Labute approximate surface area is 117 Å². The van der Waals surface area contributed by atoms with E-state index in [4.69, 9.17) is 0 Å². The number of aryl methyl sites for hydroxylation is 1.